The number of aryl methyl sites for hydroxylation is 1. The van der Waals surface area contributed by atoms with Crippen molar-refractivity contribution in [3.8, 4) is 29.4 Å². The number of amides is 1. The zero-order valence-electron chi connectivity index (χ0n) is 15.9. The number of carbonyl (C=O) groups excluding carboxylic acids is 1. The van der Waals surface area contributed by atoms with E-state index in [1.54, 1.807) is 18.8 Å². The van der Waals surface area contributed by atoms with Crippen LogP contribution in [-0.2, 0) is 11.8 Å². The Morgan fingerprint density at radius 2 is 2.22 bits per heavy atom. The summed E-state index contributed by atoms with van der Waals surface area (Å²) in [6, 6.07) is 9.50. The highest BCUT2D eigenvalue weighted by molar-refractivity contribution is 5.94. The monoisotopic (exact) mass is 367 g/mol. The van der Waals surface area contributed by atoms with E-state index in [0.717, 1.165) is 36.4 Å². The van der Waals surface area contributed by atoms with Gasteiger partial charge in [0.2, 0.25) is 0 Å². The quantitative estimate of drug-likeness (QED) is 0.582. The van der Waals surface area contributed by atoms with Gasteiger partial charge in [0.05, 0.1) is 19.4 Å². The van der Waals surface area contributed by atoms with E-state index in [9.17, 15) is 4.79 Å². The summed E-state index contributed by atoms with van der Waals surface area (Å²) in [6.07, 6.45) is 7.24. The molecule has 142 valence electrons. The van der Waals surface area contributed by atoms with Gasteiger partial charge in [-0.05, 0) is 31.0 Å². The van der Waals surface area contributed by atoms with Crippen LogP contribution in [-0.4, -0.2) is 54.0 Å². The van der Waals surface area contributed by atoms with Gasteiger partial charge in [0.1, 0.15) is 18.1 Å². The van der Waals surface area contributed by atoms with E-state index in [1.807, 2.05) is 35.2 Å². The van der Waals surface area contributed by atoms with Crippen molar-refractivity contribution in [1.29, 1.82) is 0 Å². The predicted octanol–water partition coefficient (Wildman–Crippen LogP) is 2.60. The molecule has 1 unspecified atom stereocenters. The number of aromatic nitrogens is 2. The van der Waals surface area contributed by atoms with Gasteiger partial charge in [-0.1, -0.05) is 18.1 Å². The van der Waals surface area contributed by atoms with Crippen LogP contribution in [0.1, 0.15) is 23.3 Å². The molecule has 1 fully saturated rings. The zero-order valence-corrected chi connectivity index (χ0v) is 15.9. The highest BCUT2D eigenvalue weighted by Crippen LogP contribution is 2.29. The molecule has 0 aliphatic carbocycles. The number of rotatable bonds is 6. The van der Waals surface area contributed by atoms with Crippen molar-refractivity contribution in [3.63, 3.8) is 0 Å². The van der Waals surface area contributed by atoms with Crippen molar-refractivity contribution in [1.82, 2.24) is 14.7 Å². The molecule has 0 spiro atoms. The molecular formula is C21H25N3O3. The molecule has 1 amide bonds. The average molecular weight is 367 g/mol. The van der Waals surface area contributed by atoms with Crippen LogP contribution in [0.25, 0.3) is 11.3 Å². The molecule has 27 heavy (non-hydrogen) atoms. The molecule has 1 saturated heterocycles. The normalized spacial score (nSPS) is 16.8. The van der Waals surface area contributed by atoms with Crippen molar-refractivity contribution >= 4 is 5.91 Å². The van der Waals surface area contributed by atoms with Crippen LogP contribution >= 0.6 is 0 Å². The average Bonchev–Trinajstić information content (AvgIpc) is 3.09. The highest BCUT2D eigenvalue weighted by atomic mass is 16.5. The predicted molar refractivity (Wildman–Crippen MR) is 103 cm³/mol. The molecule has 6 nitrogen and oxygen atoms in total. The summed E-state index contributed by atoms with van der Waals surface area (Å²) in [4.78, 5) is 14.9. The fourth-order valence-corrected chi connectivity index (χ4v) is 3.49. The first-order chi connectivity index (χ1) is 13.1. The summed E-state index contributed by atoms with van der Waals surface area (Å²) in [7, 11) is 3.42. The maximum atomic E-state index is 13.1. The summed E-state index contributed by atoms with van der Waals surface area (Å²) in [6.45, 7) is 2.33. The van der Waals surface area contributed by atoms with E-state index >= 15 is 0 Å². The number of nitrogens with zero attached hydrogens (tertiary/aromatic N) is 3. The molecule has 2 heterocycles. The first-order valence-corrected chi connectivity index (χ1v) is 9.12. The van der Waals surface area contributed by atoms with Crippen molar-refractivity contribution in [2.75, 3.05) is 33.4 Å². The summed E-state index contributed by atoms with van der Waals surface area (Å²) >= 11 is 0. The Bertz CT molecular complexity index is 837. The van der Waals surface area contributed by atoms with E-state index in [0.29, 0.717) is 31.4 Å². The van der Waals surface area contributed by atoms with Crippen LogP contribution < -0.4 is 4.74 Å². The number of methoxy groups -OCH3 is 1. The maximum Gasteiger partial charge on any atom is 0.272 e. The Morgan fingerprint density at radius 1 is 1.41 bits per heavy atom. The fraction of sp³-hybridized carbons (Fsp3) is 0.429. The number of hydrogen-bond acceptors (Lipinski definition) is 4. The Hall–Kier alpha value is -2.78. The lowest BCUT2D eigenvalue weighted by Gasteiger charge is -2.32. The Balaban J connectivity index is 1.75. The fourth-order valence-electron chi connectivity index (χ4n) is 3.49. The van der Waals surface area contributed by atoms with Gasteiger partial charge in [-0.2, -0.15) is 5.10 Å². The van der Waals surface area contributed by atoms with Gasteiger partial charge in [-0.3, -0.25) is 9.48 Å². The largest absolute Gasteiger partial charge is 0.496 e. The number of piperidine rings is 1. The van der Waals surface area contributed by atoms with Crippen LogP contribution in [0.2, 0.25) is 0 Å². The molecule has 0 radical (unpaired) electrons. The third-order valence-corrected chi connectivity index (χ3v) is 4.83. The standard InChI is InChI=1S/C21H25N3O3/c1-4-12-27-15-16-8-7-11-24(14-16)21(25)19-13-18(22-23(19)2)17-9-5-6-10-20(17)26-3/h1,5-6,9-10,13,16H,7-8,11-12,14-15H2,2-3H3. The number of carbonyl (C=O) groups is 1. The van der Waals surface area contributed by atoms with Gasteiger partial charge in [0.25, 0.3) is 5.91 Å². The summed E-state index contributed by atoms with van der Waals surface area (Å²) < 4.78 is 12.5. The summed E-state index contributed by atoms with van der Waals surface area (Å²) in [5.41, 5.74) is 2.17. The van der Waals surface area contributed by atoms with Gasteiger partial charge in [-0.15, -0.1) is 6.42 Å². The second-order valence-electron chi connectivity index (χ2n) is 6.72. The highest BCUT2D eigenvalue weighted by Gasteiger charge is 2.27. The third-order valence-electron chi connectivity index (χ3n) is 4.83. The first kappa shape index (κ1) is 19.0. The first-order valence-electron chi connectivity index (χ1n) is 9.12. The minimum Gasteiger partial charge on any atom is -0.496 e. The smallest absolute Gasteiger partial charge is 0.272 e. The van der Waals surface area contributed by atoms with Crippen LogP contribution in [0.5, 0.6) is 5.75 Å². The molecule has 1 atom stereocenters. The van der Waals surface area contributed by atoms with Crippen LogP contribution in [0, 0.1) is 18.3 Å². The molecule has 0 saturated carbocycles. The number of terminal acetylenes is 1. The lowest BCUT2D eigenvalue weighted by atomic mass is 9.98. The maximum absolute atomic E-state index is 13.1. The Morgan fingerprint density at radius 3 is 3.00 bits per heavy atom. The van der Waals surface area contributed by atoms with E-state index in [4.69, 9.17) is 15.9 Å². The number of ether oxygens (including phenoxy) is 2. The SMILES string of the molecule is C#CCOCC1CCCN(C(=O)c2cc(-c3ccccc3OC)nn2C)C1. The molecule has 6 heteroatoms. The summed E-state index contributed by atoms with van der Waals surface area (Å²) in [5, 5.41) is 4.53. The molecule has 1 aromatic heterocycles. The third kappa shape index (κ3) is 4.32. The van der Waals surface area contributed by atoms with Gasteiger partial charge >= 0.3 is 0 Å². The van der Waals surface area contributed by atoms with E-state index in [-0.39, 0.29) is 5.91 Å². The number of likely N-dealkylation sites (tertiary alicyclic amines) is 1. The molecule has 2 aromatic rings. The van der Waals surface area contributed by atoms with Gasteiger partial charge < -0.3 is 14.4 Å². The van der Waals surface area contributed by atoms with E-state index < -0.39 is 0 Å². The van der Waals surface area contributed by atoms with Crippen molar-refractivity contribution in [2.45, 2.75) is 12.8 Å². The van der Waals surface area contributed by atoms with Crippen molar-refractivity contribution < 1.29 is 14.3 Å². The van der Waals surface area contributed by atoms with Gasteiger partial charge in [0.15, 0.2) is 0 Å². The molecule has 0 N–H and O–H groups in total. The van der Waals surface area contributed by atoms with Crippen LogP contribution in [0.4, 0.5) is 0 Å². The number of benzene rings is 1. The minimum absolute atomic E-state index is 0.00667. The van der Waals surface area contributed by atoms with Crippen LogP contribution in [0.15, 0.2) is 30.3 Å². The second-order valence-corrected chi connectivity index (χ2v) is 6.72. The Labute approximate surface area is 160 Å². The lowest BCUT2D eigenvalue weighted by Crippen LogP contribution is -2.41. The van der Waals surface area contributed by atoms with Crippen molar-refractivity contribution in [2.24, 2.45) is 13.0 Å². The zero-order chi connectivity index (χ0) is 19.2. The molecule has 3 rings (SSSR count). The van der Waals surface area contributed by atoms with Crippen LogP contribution in [0.3, 0.4) is 0 Å². The van der Waals surface area contributed by atoms with Crippen molar-refractivity contribution in [3.05, 3.63) is 36.0 Å². The van der Waals surface area contributed by atoms with E-state index in [2.05, 4.69) is 11.0 Å². The second kappa shape index (κ2) is 8.74. The molecule has 1 aliphatic heterocycles. The number of hydrogen-bond donors (Lipinski definition) is 0. The lowest BCUT2D eigenvalue weighted by molar-refractivity contribution is 0.0525. The molecular weight excluding hydrogens is 342 g/mol. The number of para-hydroxylation sites is 1. The topological polar surface area (TPSA) is 56.6 Å². The summed E-state index contributed by atoms with van der Waals surface area (Å²) in [5.74, 6) is 3.52. The van der Waals surface area contributed by atoms with Gasteiger partial charge in [-0.25, -0.2) is 0 Å². The molecule has 1 aromatic carbocycles. The van der Waals surface area contributed by atoms with E-state index in [1.165, 1.54) is 0 Å². The minimum atomic E-state index is -0.00667. The molecule has 1 aliphatic rings. The van der Waals surface area contributed by atoms with Gasteiger partial charge in [0, 0.05) is 31.6 Å². The Kier molecular flexibility index (Phi) is 6.15. The molecule has 0 bridgehead atoms.